The van der Waals surface area contributed by atoms with Crippen LogP contribution in [0.2, 0.25) is 0 Å². The number of rotatable bonds is 4. The van der Waals surface area contributed by atoms with Crippen molar-refractivity contribution >= 4 is 28.6 Å². The van der Waals surface area contributed by atoms with Gasteiger partial charge in [-0.15, -0.1) is 22.7 Å². The number of hydrogen-bond donors (Lipinski definition) is 2. The van der Waals surface area contributed by atoms with Crippen molar-refractivity contribution in [3.8, 4) is 11.8 Å². The number of hydrogen-bond acceptors (Lipinski definition) is 5. The van der Waals surface area contributed by atoms with E-state index >= 15 is 0 Å². The van der Waals surface area contributed by atoms with E-state index in [2.05, 4.69) is 29.1 Å². The lowest BCUT2D eigenvalue weighted by Crippen LogP contribution is -2.26. The fourth-order valence-electron chi connectivity index (χ4n) is 1.73. The minimum absolute atomic E-state index is 0.136. The van der Waals surface area contributed by atoms with Gasteiger partial charge in [-0.05, 0) is 24.8 Å². The van der Waals surface area contributed by atoms with Gasteiger partial charge in [0.1, 0.15) is 16.5 Å². The van der Waals surface area contributed by atoms with Crippen molar-refractivity contribution in [3.63, 3.8) is 0 Å². The van der Waals surface area contributed by atoms with Crippen molar-refractivity contribution in [1.82, 2.24) is 10.3 Å². The topological polar surface area (TPSA) is 62.2 Å². The Hall–Kier alpha value is -1.68. The first-order valence-corrected chi connectivity index (χ1v) is 8.28. The molecule has 0 spiro atoms. The Morgan fingerprint density at radius 1 is 1.57 bits per heavy atom. The van der Waals surface area contributed by atoms with Gasteiger partial charge in [-0.1, -0.05) is 18.8 Å². The molecule has 2 aromatic heterocycles. The van der Waals surface area contributed by atoms with E-state index in [-0.39, 0.29) is 18.6 Å². The molecule has 1 amide bonds. The van der Waals surface area contributed by atoms with Crippen LogP contribution in [-0.2, 0) is 6.42 Å². The smallest absolute Gasteiger partial charge is 0.263 e. The fraction of sp³-hybridized carbons (Fsp3) is 0.333. The summed E-state index contributed by atoms with van der Waals surface area (Å²) in [5, 5.41) is 14.4. The lowest BCUT2D eigenvalue weighted by atomic mass is 10.2. The molecule has 0 fully saturated rings. The number of carbonyl (C=O) groups excluding carboxylic acids is 1. The van der Waals surface area contributed by atoms with Crippen molar-refractivity contribution < 1.29 is 9.90 Å². The number of aryl methyl sites for hydroxylation is 1. The van der Waals surface area contributed by atoms with Crippen LogP contribution in [0, 0.1) is 11.8 Å². The van der Waals surface area contributed by atoms with Crippen LogP contribution < -0.4 is 5.32 Å². The minimum Gasteiger partial charge on any atom is -0.384 e. The predicted molar refractivity (Wildman–Crippen MR) is 85.7 cm³/mol. The average molecular weight is 320 g/mol. The van der Waals surface area contributed by atoms with Crippen molar-refractivity contribution in [3.05, 3.63) is 38.0 Å². The summed E-state index contributed by atoms with van der Waals surface area (Å²) in [6, 6.07) is 1.65. The van der Waals surface area contributed by atoms with Crippen molar-refractivity contribution in [2.24, 2.45) is 0 Å². The summed E-state index contributed by atoms with van der Waals surface area (Å²) in [5.74, 6) is 5.19. The molecule has 0 aromatic carbocycles. The number of thiophene rings is 1. The van der Waals surface area contributed by atoms with E-state index in [0.29, 0.717) is 10.4 Å². The molecule has 0 aliphatic carbocycles. The van der Waals surface area contributed by atoms with Gasteiger partial charge < -0.3 is 10.4 Å². The van der Waals surface area contributed by atoms with Crippen molar-refractivity contribution in [2.45, 2.75) is 26.3 Å². The van der Waals surface area contributed by atoms with Gasteiger partial charge in [-0.2, -0.15) is 0 Å². The van der Waals surface area contributed by atoms with Crippen LogP contribution in [0.5, 0.6) is 0 Å². The minimum atomic E-state index is -0.216. The van der Waals surface area contributed by atoms with Gasteiger partial charge >= 0.3 is 0 Å². The summed E-state index contributed by atoms with van der Waals surface area (Å²) in [7, 11) is 0. The quantitative estimate of drug-likeness (QED) is 0.851. The van der Waals surface area contributed by atoms with E-state index in [1.807, 2.05) is 18.5 Å². The lowest BCUT2D eigenvalue weighted by Gasteiger charge is -2.10. The monoisotopic (exact) mass is 320 g/mol. The van der Waals surface area contributed by atoms with Crippen molar-refractivity contribution in [2.75, 3.05) is 6.61 Å². The van der Waals surface area contributed by atoms with Gasteiger partial charge in [0.25, 0.3) is 5.91 Å². The van der Waals surface area contributed by atoms with Gasteiger partial charge in [-0.25, -0.2) is 4.98 Å². The predicted octanol–water partition coefficient (Wildman–Crippen LogP) is 2.60. The number of nitrogens with zero attached hydrogens (tertiary/aromatic N) is 1. The van der Waals surface area contributed by atoms with Gasteiger partial charge in [0.15, 0.2) is 0 Å². The Morgan fingerprint density at radius 2 is 2.38 bits per heavy atom. The zero-order chi connectivity index (χ0) is 15.2. The molecule has 0 saturated carbocycles. The highest BCUT2D eigenvalue weighted by atomic mass is 32.1. The zero-order valence-corrected chi connectivity index (χ0v) is 13.5. The standard InChI is InChI=1S/C15H16N2O2S2/c1-3-12-9-16-15(21-12)10(2)17-14(19)13-11(5-4-7-18)6-8-20-13/h6,8-10,18H,3,7H2,1-2H3,(H,17,19). The van der Waals surface area contributed by atoms with E-state index in [1.54, 1.807) is 17.4 Å². The third-order valence-corrected chi connectivity index (χ3v) is 5.05. The Balaban J connectivity index is 2.09. The molecule has 0 aliphatic rings. The molecule has 110 valence electrons. The second-order valence-electron chi connectivity index (χ2n) is 4.34. The number of aromatic nitrogens is 1. The van der Waals surface area contributed by atoms with Crippen LogP contribution in [0.25, 0.3) is 0 Å². The van der Waals surface area contributed by atoms with Crippen LogP contribution >= 0.6 is 22.7 Å². The Kier molecular flexibility index (Phi) is 5.51. The van der Waals surface area contributed by atoms with E-state index < -0.39 is 0 Å². The molecular formula is C15H16N2O2S2. The number of nitrogens with one attached hydrogen (secondary N) is 1. The van der Waals surface area contributed by atoms with Crippen LogP contribution in [0.15, 0.2) is 17.6 Å². The highest BCUT2D eigenvalue weighted by Gasteiger charge is 2.17. The Bertz CT molecular complexity index is 679. The highest BCUT2D eigenvalue weighted by molar-refractivity contribution is 7.12. The normalized spacial score (nSPS) is 11.6. The summed E-state index contributed by atoms with van der Waals surface area (Å²) < 4.78 is 0. The average Bonchev–Trinajstić information content (AvgIpc) is 3.13. The highest BCUT2D eigenvalue weighted by Crippen LogP contribution is 2.22. The second-order valence-corrected chi connectivity index (χ2v) is 6.40. The zero-order valence-electron chi connectivity index (χ0n) is 11.8. The summed E-state index contributed by atoms with van der Waals surface area (Å²) >= 11 is 2.96. The van der Waals surface area contributed by atoms with Crippen molar-refractivity contribution in [1.29, 1.82) is 0 Å². The molecular weight excluding hydrogens is 304 g/mol. The summed E-state index contributed by atoms with van der Waals surface area (Å²) in [6.45, 7) is 3.79. The molecule has 0 aliphatic heterocycles. The number of thiazole rings is 1. The van der Waals surface area contributed by atoms with Crippen LogP contribution in [0.4, 0.5) is 0 Å². The SMILES string of the molecule is CCc1cnc(C(C)NC(=O)c2sccc2C#CCO)s1. The largest absolute Gasteiger partial charge is 0.384 e. The number of aliphatic hydroxyl groups excluding tert-OH is 1. The summed E-state index contributed by atoms with van der Waals surface area (Å²) in [4.78, 5) is 18.4. The van der Waals surface area contributed by atoms with E-state index in [0.717, 1.165) is 11.4 Å². The van der Waals surface area contributed by atoms with Gasteiger partial charge in [0.2, 0.25) is 0 Å². The second kappa shape index (κ2) is 7.36. The Morgan fingerprint density at radius 3 is 3.05 bits per heavy atom. The maximum atomic E-state index is 12.3. The molecule has 4 nitrogen and oxygen atoms in total. The molecule has 1 atom stereocenters. The summed E-state index contributed by atoms with van der Waals surface area (Å²) in [6.07, 6.45) is 2.80. The molecule has 2 heterocycles. The molecule has 0 bridgehead atoms. The molecule has 2 aromatic rings. The third kappa shape index (κ3) is 3.91. The Labute approximate surface area is 131 Å². The number of carbonyl (C=O) groups is 1. The maximum Gasteiger partial charge on any atom is 0.263 e. The third-order valence-electron chi connectivity index (χ3n) is 2.81. The first-order chi connectivity index (χ1) is 10.2. The van der Waals surface area contributed by atoms with E-state index in [1.165, 1.54) is 16.2 Å². The first kappa shape index (κ1) is 15.7. The molecule has 0 radical (unpaired) electrons. The maximum absolute atomic E-state index is 12.3. The fourth-order valence-corrected chi connectivity index (χ4v) is 3.34. The molecule has 6 heteroatoms. The van der Waals surface area contributed by atoms with Gasteiger partial charge in [-0.3, -0.25) is 4.79 Å². The van der Waals surface area contributed by atoms with Gasteiger partial charge in [0, 0.05) is 16.6 Å². The van der Waals surface area contributed by atoms with E-state index in [9.17, 15) is 4.79 Å². The lowest BCUT2D eigenvalue weighted by molar-refractivity contribution is 0.0943. The molecule has 2 rings (SSSR count). The molecule has 2 N–H and O–H groups in total. The first-order valence-electron chi connectivity index (χ1n) is 6.58. The summed E-state index contributed by atoms with van der Waals surface area (Å²) in [5.41, 5.74) is 0.645. The van der Waals surface area contributed by atoms with E-state index in [4.69, 9.17) is 5.11 Å². The molecule has 1 unspecified atom stereocenters. The van der Waals surface area contributed by atoms with Crippen LogP contribution in [0.3, 0.4) is 0 Å². The molecule has 21 heavy (non-hydrogen) atoms. The van der Waals surface area contributed by atoms with Crippen LogP contribution in [0.1, 0.15) is 45.0 Å². The molecule has 0 saturated heterocycles. The van der Waals surface area contributed by atoms with Crippen LogP contribution in [-0.4, -0.2) is 22.6 Å². The number of amides is 1. The number of aliphatic hydroxyl groups is 1. The van der Waals surface area contributed by atoms with Gasteiger partial charge in [0.05, 0.1) is 6.04 Å².